The quantitative estimate of drug-likeness (QED) is 0.836. The van der Waals surface area contributed by atoms with Crippen molar-refractivity contribution in [3.8, 4) is 0 Å². The fourth-order valence-corrected chi connectivity index (χ4v) is 3.05. The van der Waals surface area contributed by atoms with E-state index < -0.39 is 0 Å². The highest BCUT2D eigenvalue weighted by Crippen LogP contribution is 2.28. The van der Waals surface area contributed by atoms with Crippen LogP contribution in [0, 0.1) is 13.8 Å². The Kier molecular flexibility index (Phi) is 3.19. The van der Waals surface area contributed by atoms with Crippen molar-refractivity contribution in [1.29, 1.82) is 0 Å². The zero-order chi connectivity index (χ0) is 13.4. The van der Waals surface area contributed by atoms with Gasteiger partial charge in [-0.1, -0.05) is 12.1 Å². The second-order valence-corrected chi connectivity index (χ2v) is 5.49. The van der Waals surface area contributed by atoms with E-state index in [0.29, 0.717) is 6.04 Å². The standard InChI is InChI=1S/C15H21N3O/c1-11-4-3-5-14(12(11)2)18-8-6-13-10-16-7-9-17(13)15(18)19/h3-5,13,16H,6-10H2,1-2H3. The number of fused-ring (bicyclic) bond motifs is 1. The molecule has 0 spiro atoms. The minimum absolute atomic E-state index is 0.173. The van der Waals surface area contributed by atoms with Crippen molar-refractivity contribution in [2.45, 2.75) is 26.3 Å². The molecule has 0 aliphatic carbocycles. The summed E-state index contributed by atoms with van der Waals surface area (Å²) in [6.45, 7) is 7.69. The first-order chi connectivity index (χ1) is 9.18. The van der Waals surface area contributed by atoms with Crippen LogP contribution in [0.25, 0.3) is 0 Å². The van der Waals surface area contributed by atoms with E-state index in [1.165, 1.54) is 11.1 Å². The van der Waals surface area contributed by atoms with Crippen LogP contribution in [-0.2, 0) is 0 Å². The summed E-state index contributed by atoms with van der Waals surface area (Å²) in [5.74, 6) is 0. The minimum Gasteiger partial charge on any atom is -0.319 e. The number of hydrogen-bond acceptors (Lipinski definition) is 2. The molecule has 2 saturated heterocycles. The summed E-state index contributed by atoms with van der Waals surface area (Å²) in [6.07, 6.45) is 1.05. The minimum atomic E-state index is 0.173. The van der Waals surface area contributed by atoms with Crippen LogP contribution in [-0.4, -0.2) is 43.2 Å². The van der Waals surface area contributed by atoms with Crippen LogP contribution < -0.4 is 10.2 Å². The van der Waals surface area contributed by atoms with Gasteiger partial charge in [0.25, 0.3) is 0 Å². The van der Waals surface area contributed by atoms with Crippen molar-refractivity contribution in [3.63, 3.8) is 0 Å². The molecule has 1 unspecified atom stereocenters. The van der Waals surface area contributed by atoms with Gasteiger partial charge in [-0.2, -0.15) is 0 Å². The summed E-state index contributed by atoms with van der Waals surface area (Å²) >= 11 is 0. The van der Waals surface area contributed by atoms with Gasteiger partial charge in [-0.25, -0.2) is 4.79 Å². The molecule has 1 N–H and O–H groups in total. The predicted molar refractivity (Wildman–Crippen MR) is 76.6 cm³/mol. The number of anilines is 1. The second-order valence-electron chi connectivity index (χ2n) is 5.49. The Labute approximate surface area is 114 Å². The van der Waals surface area contributed by atoms with Crippen LogP contribution in [0.1, 0.15) is 17.5 Å². The van der Waals surface area contributed by atoms with Gasteiger partial charge < -0.3 is 10.2 Å². The van der Waals surface area contributed by atoms with Gasteiger partial charge in [-0.05, 0) is 37.5 Å². The molecule has 2 heterocycles. The first-order valence-corrected chi connectivity index (χ1v) is 7.03. The largest absolute Gasteiger partial charge is 0.324 e. The van der Waals surface area contributed by atoms with E-state index in [2.05, 4.69) is 31.3 Å². The average molecular weight is 259 g/mol. The van der Waals surface area contributed by atoms with Gasteiger partial charge in [0.1, 0.15) is 0 Å². The predicted octanol–water partition coefficient (Wildman–Crippen LogP) is 1.91. The number of rotatable bonds is 1. The molecule has 4 heteroatoms. The van der Waals surface area contributed by atoms with Gasteiger partial charge in [0.05, 0.1) is 0 Å². The third kappa shape index (κ3) is 2.10. The van der Waals surface area contributed by atoms with Crippen LogP contribution in [0.5, 0.6) is 0 Å². The topological polar surface area (TPSA) is 35.6 Å². The lowest BCUT2D eigenvalue weighted by molar-refractivity contribution is 0.147. The molecule has 2 fully saturated rings. The lowest BCUT2D eigenvalue weighted by atomic mass is 10.0. The molecule has 19 heavy (non-hydrogen) atoms. The van der Waals surface area contributed by atoms with Gasteiger partial charge in [-0.15, -0.1) is 0 Å². The van der Waals surface area contributed by atoms with Crippen molar-refractivity contribution < 1.29 is 4.79 Å². The molecular weight excluding hydrogens is 238 g/mol. The number of amides is 2. The van der Waals surface area contributed by atoms with E-state index in [4.69, 9.17) is 0 Å². The van der Waals surface area contributed by atoms with E-state index in [-0.39, 0.29) is 6.03 Å². The Morgan fingerprint density at radius 2 is 2.11 bits per heavy atom. The summed E-state index contributed by atoms with van der Waals surface area (Å²) in [7, 11) is 0. The van der Waals surface area contributed by atoms with Crippen LogP contribution in [0.2, 0.25) is 0 Å². The fraction of sp³-hybridized carbons (Fsp3) is 0.533. The van der Waals surface area contributed by atoms with Crippen LogP contribution in [0.3, 0.4) is 0 Å². The Morgan fingerprint density at radius 3 is 2.95 bits per heavy atom. The van der Waals surface area contributed by atoms with Crippen molar-refractivity contribution >= 4 is 11.7 Å². The van der Waals surface area contributed by atoms with Crippen LogP contribution in [0.15, 0.2) is 18.2 Å². The van der Waals surface area contributed by atoms with Gasteiger partial charge >= 0.3 is 6.03 Å². The summed E-state index contributed by atoms with van der Waals surface area (Å²) in [5, 5.41) is 3.37. The molecule has 2 aliphatic heterocycles. The van der Waals surface area contributed by atoms with E-state index in [9.17, 15) is 4.79 Å². The summed E-state index contributed by atoms with van der Waals surface area (Å²) in [6, 6.07) is 6.74. The molecule has 2 amide bonds. The van der Waals surface area contributed by atoms with Gasteiger partial charge in [-0.3, -0.25) is 4.90 Å². The molecule has 0 aromatic heterocycles. The Hall–Kier alpha value is -1.55. The van der Waals surface area contributed by atoms with Gasteiger partial charge in [0.2, 0.25) is 0 Å². The number of hydrogen-bond donors (Lipinski definition) is 1. The van der Waals surface area contributed by atoms with Crippen molar-refractivity contribution in [2.24, 2.45) is 0 Å². The van der Waals surface area contributed by atoms with Crippen molar-refractivity contribution in [1.82, 2.24) is 10.2 Å². The molecule has 0 radical (unpaired) electrons. The molecule has 1 aromatic rings. The van der Waals surface area contributed by atoms with Gasteiger partial charge in [0, 0.05) is 37.9 Å². The average Bonchev–Trinajstić information content (AvgIpc) is 2.43. The Bertz CT molecular complexity index is 500. The van der Waals surface area contributed by atoms with E-state index in [1.807, 2.05) is 15.9 Å². The normalized spacial score (nSPS) is 23.5. The fourth-order valence-electron chi connectivity index (χ4n) is 3.05. The summed E-state index contributed by atoms with van der Waals surface area (Å²) in [5.41, 5.74) is 3.53. The van der Waals surface area contributed by atoms with Gasteiger partial charge in [0.15, 0.2) is 0 Å². The zero-order valence-electron chi connectivity index (χ0n) is 11.6. The first kappa shape index (κ1) is 12.5. The second kappa shape index (κ2) is 4.85. The zero-order valence-corrected chi connectivity index (χ0v) is 11.6. The third-order valence-electron chi connectivity index (χ3n) is 4.38. The van der Waals surface area contributed by atoms with E-state index in [0.717, 1.165) is 38.3 Å². The molecule has 1 atom stereocenters. The number of carbonyl (C=O) groups is 1. The molecule has 102 valence electrons. The van der Waals surface area contributed by atoms with E-state index >= 15 is 0 Å². The first-order valence-electron chi connectivity index (χ1n) is 7.03. The third-order valence-corrected chi connectivity index (χ3v) is 4.38. The SMILES string of the molecule is Cc1cccc(N2CCC3CNCCN3C2=O)c1C. The summed E-state index contributed by atoms with van der Waals surface area (Å²) in [4.78, 5) is 16.6. The highest BCUT2D eigenvalue weighted by Gasteiger charge is 2.35. The van der Waals surface area contributed by atoms with Crippen molar-refractivity contribution in [3.05, 3.63) is 29.3 Å². The number of nitrogens with one attached hydrogen (secondary N) is 1. The molecular formula is C15H21N3O. The molecule has 2 aliphatic rings. The monoisotopic (exact) mass is 259 g/mol. The highest BCUT2D eigenvalue weighted by atomic mass is 16.2. The van der Waals surface area contributed by atoms with E-state index in [1.54, 1.807) is 0 Å². The smallest absolute Gasteiger partial charge is 0.319 e. The van der Waals surface area contributed by atoms with Crippen molar-refractivity contribution in [2.75, 3.05) is 31.1 Å². The van der Waals surface area contributed by atoms with Crippen LogP contribution >= 0.6 is 0 Å². The maximum absolute atomic E-state index is 12.6. The van der Waals surface area contributed by atoms with Crippen LogP contribution in [0.4, 0.5) is 10.5 Å². The highest BCUT2D eigenvalue weighted by molar-refractivity contribution is 5.94. The lowest BCUT2D eigenvalue weighted by Gasteiger charge is -2.44. The number of carbonyl (C=O) groups excluding carboxylic acids is 1. The number of piperazine rings is 1. The number of urea groups is 1. The molecule has 1 aromatic carbocycles. The maximum Gasteiger partial charge on any atom is 0.324 e. The number of nitrogens with zero attached hydrogens (tertiary/aromatic N) is 2. The molecule has 3 rings (SSSR count). The number of aryl methyl sites for hydroxylation is 1. The summed E-state index contributed by atoms with van der Waals surface area (Å²) < 4.78 is 0. The maximum atomic E-state index is 12.6. The molecule has 4 nitrogen and oxygen atoms in total. The molecule has 0 saturated carbocycles. The molecule has 0 bridgehead atoms. The Balaban J connectivity index is 1.89. The lowest BCUT2D eigenvalue weighted by Crippen LogP contribution is -2.61. The number of benzene rings is 1. The Morgan fingerprint density at radius 1 is 1.26 bits per heavy atom.